The molecule has 0 atom stereocenters. The number of nitrogens with zero attached hydrogens (tertiary/aromatic N) is 4. The van der Waals surface area contributed by atoms with E-state index in [4.69, 9.17) is 15.7 Å². The molecule has 1 aliphatic rings. The van der Waals surface area contributed by atoms with Gasteiger partial charge in [-0.15, -0.1) is 0 Å². The molecular formula is C14H19N5O. The zero-order valence-electron chi connectivity index (χ0n) is 11.8. The Kier molecular flexibility index (Phi) is 4.43. The maximum atomic E-state index is 9.03. The smallest absolute Gasteiger partial charge is 0.196 e. The highest BCUT2D eigenvalue weighted by Crippen LogP contribution is 2.30. The lowest BCUT2D eigenvalue weighted by atomic mass is 10.1. The van der Waals surface area contributed by atoms with Gasteiger partial charge in [-0.25, -0.2) is 4.99 Å². The molecule has 0 spiro atoms. The number of benzene rings is 1. The van der Waals surface area contributed by atoms with Crippen LogP contribution in [0.4, 0.5) is 11.4 Å². The van der Waals surface area contributed by atoms with Crippen molar-refractivity contribution in [2.75, 3.05) is 45.3 Å². The number of guanidine groups is 1. The monoisotopic (exact) mass is 273 g/mol. The summed E-state index contributed by atoms with van der Waals surface area (Å²) < 4.78 is 5.36. The van der Waals surface area contributed by atoms with Crippen LogP contribution in [-0.2, 0) is 4.74 Å². The molecule has 0 amide bonds. The Labute approximate surface area is 119 Å². The van der Waals surface area contributed by atoms with Gasteiger partial charge in [-0.1, -0.05) is 0 Å². The maximum absolute atomic E-state index is 9.03. The van der Waals surface area contributed by atoms with Crippen molar-refractivity contribution in [3.8, 4) is 6.07 Å². The number of rotatable bonds is 2. The third-order valence-corrected chi connectivity index (χ3v) is 3.15. The lowest BCUT2D eigenvalue weighted by molar-refractivity contribution is 0.123. The molecule has 2 rings (SSSR count). The van der Waals surface area contributed by atoms with E-state index in [1.807, 2.05) is 20.2 Å². The summed E-state index contributed by atoms with van der Waals surface area (Å²) in [5.74, 6) is 0.412. The third-order valence-electron chi connectivity index (χ3n) is 3.15. The van der Waals surface area contributed by atoms with Crippen LogP contribution >= 0.6 is 0 Å². The van der Waals surface area contributed by atoms with Crippen LogP contribution < -0.4 is 10.6 Å². The number of aliphatic imine (C=N–C) groups is 1. The molecule has 0 bridgehead atoms. The van der Waals surface area contributed by atoms with E-state index in [-0.39, 0.29) is 0 Å². The molecule has 1 heterocycles. The van der Waals surface area contributed by atoms with Crippen LogP contribution in [0.15, 0.2) is 23.2 Å². The van der Waals surface area contributed by atoms with Gasteiger partial charge in [0.15, 0.2) is 5.96 Å². The molecule has 0 aliphatic carbocycles. The highest BCUT2D eigenvalue weighted by molar-refractivity contribution is 5.84. The second-order valence-corrected chi connectivity index (χ2v) is 4.78. The lowest BCUT2D eigenvalue weighted by Gasteiger charge is -2.30. The highest BCUT2D eigenvalue weighted by atomic mass is 16.5. The first-order valence-electron chi connectivity index (χ1n) is 6.50. The van der Waals surface area contributed by atoms with Gasteiger partial charge in [0.1, 0.15) is 0 Å². The first-order valence-corrected chi connectivity index (χ1v) is 6.50. The van der Waals surface area contributed by atoms with Gasteiger partial charge in [0.25, 0.3) is 0 Å². The summed E-state index contributed by atoms with van der Waals surface area (Å²) in [5, 5.41) is 9.03. The number of nitriles is 1. The van der Waals surface area contributed by atoms with E-state index in [9.17, 15) is 0 Å². The molecule has 6 heteroatoms. The van der Waals surface area contributed by atoms with Crippen molar-refractivity contribution in [2.24, 2.45) is 10.7 Å². The molecule has 6 nitrogen and oxygen atoms in total. The zero-order chi connectivity index (χ0) is 14.5. The number of hydrogen-bond acceptors (Lipinski definition) is 4. The van der Waals surface area contributed by atoms with Crippen molar-refractivity contribution < 1.29 is 4.74 Å². The normalized spacial score (nSPS) is 15.8. The summed E-state index contributed by atoms with van der Waals surface area (Å²) in [7, 11) is 3.67. The van der Waals surface area contributed by atoms with Gasteiger partial charge in [-0.3, -0.25) is 0 Å². The average molecular weight is 273 g/mol. The second-order valence-electron chi connectivity index (χ2n) is 4.78. The molecule has 2 N–H and O–H groups in total. The molecule has 1 fully saturated rings. The fraction of sp³-hybridized carbons (Fsp3) is 0.429. The third kappa shape index (κ3) is 3.19. The fourth-order valence-electron chi connectivity index (χ4n) is 1.98. The number of morpholine rings is 1. The van der Waals surface area contributed by atoms with Crippen LogP contribution in [0, 0.1) is 11.3 Å². The predicted molar refractivity (Wildman–Crippen MR) is 79.2 cm³/mol. The number of anilines is 1. The summed E-state index contributed by atoms with van der Waals surface area (Å²) in [6, 6.07) is 7.62. The van der Waals surface area contributed by atoms with Crippen molar-refractivity contribution in [1.82, 2.24) is 4.90 Å². The lowest BCUT2D eigenvalue weighted by Crippen LogP contribution is -2.36. The quantitative estimate of drug-likeness (QED) is 0.640. The van der Waals surface area contributed by atoms with Gasteiger partial charge < -0.3 is 20.3 Å². The van der Waals surface area contributed by atoms with Crippen LogP contribution in [0.1, 0.15) is 5.56 Å². The highest BCUT2D eigenvalue weighted by Gasteiger charge is 2.15. The zero-order valence-corrected chi connectivity index (χ0v) is 11.8. The summed E-state index contributed by atoms with van der Waals surface area (Å²) in [4.78, 5) is 8.37. The first-order chi connectivity index (χ1) is 9.61. The summed E-state index contributed by atoms with van der Waals surface area (Å²) in [6.45, 7) is 3.03. The van der Waals surface area contributed by atoms with E-state index in [0.717, 1.165) is 24.5 Å². The molecule has 0 aromatic heterocycles. The van der Waals surface area contributed by atoms with Crippen molar-refractivity contribution in [1.29, 1.82) is 5.26 Å². The molecule has 1 aromatic rings. The van der Waals surface area contributed by atoms with E-state index >= 15 is 0 Å². The number of ether oxygens (including phenoxy) is 1. The number of nitrogens with two attached hydrogens (primary N) is 1. The Balaban J connectivity index is 2.40. The van der Waals surface area contributed by atoms with Gasteiger partial charge in [0.2, 0.25) is 0 Å². The van der Waals surface area contributed by atoms with Gasteiger partial charge >= 0.3 is 0 Å². The van der Waals surface area contributed by atoms with Crippen LogP contribution in [-0.4, -0.2) is 51.3 Å². The molecule has 20 heavy (non-hydrogen) atoms. The minimum absolute atomic E-state index is 0.412. The minimum atomic E-state index is 0.412. The van der Waals surface area contributed by atoms with E-state index in [1.165, 1.54) is 0 Å². The van der Waals surface area contributed by atoms with Gasteiger partial charge in [0.05, 0.1) is 36.2 Å². The molecule has 0 unspecified atom stereocenters. The summed E-state index contributed by atoms with van der Waals surface area (Å²) in [6.07, 6.45) is 0. The van der Waals surface area contributed by atoms with Crippen molar-refractivity contribution in [2.45, 2.75) is 0 Å². The first kappa shape index (κ1) is 14.2. The Bertz CT molecular complexity index is 541. The standard InChI is InChI=1S/C14H19N5O/c1-18(2)14(16)17-12-9-11(10-15)3-4-13(12)19-5-7-20-8-6-19/h3-4,9H,5-8H2,1-2H3,(H2,16,17). The molecular weight excluding hydrogens is 254 g/mol. The Morgan fingerprint density at radius 3 is 2.70 bits per heavy atom. The molecule has 0 saturated carbocycles. The van der Waals surface area contributed by atoms with Gasteiger partial charge in [-0.2, -0.15) is 5.26 Å². The molecule has 0 radical (unpaired) electrons. The Hall–Kier alpha value is -2.26. The Morgan fingerprint density at radius 2 is 2.10 bits per heavy atom. The van der Waals surface area contributed by atoms with Crippen molar-refractivity contribution in [3.63, 3.8) is 0 Å². The Morgan fingerprint density at radius 1 is 1.40 bits per heavy atom. The summed E-state index contributed by atoms with van der Waals surface area (Å²) in [5.41, 5.74) is 8.17. The average Bonchev–Trinajstić information content (AvgIpc) is 2.48. The van der Waals surface area contributed by atoms with Crippen LogP contribution in [0.2, 0.25) is 0 Å². The van der Waals surface area contributed by atoms with E-state index < -0.39 is 0 Å². The topological polar surface area (TPSA) is 77.9 Å². The maximum Gasteiger partial charge on any atom is 0.196 e. The predicted octanol–water partition coefficient (Wildman–Crippen LogP) is 0.903. The molecule has 1 aromatic carbocycles. The van der Waals surface area contributed by atoms with Crippen LogP contribution in [0.5, 0.6) is 0 Å². The molecule has 1 aliphatic heterocycles. The van der Waals surface area contributed by atoms with Crippen LogP contribution in [0.25, 0.3) is 0 Å². The van der Waals surface area contributed by atoms with Crippen molar-refractivity contribution >= 4 is 17.3 Å². The number of hydrogen-bond donors (Lipinski definition) is 1. The van der Waals surface area contributed by atoms with E-state index in [2.05, 4.69) is 16.0 Å². The van der Waals surface area contributed by atoms with Gasteiger partial charge in [-0.05, 0) is 18.2 Å². The van der Waals surface area contributed by atoms with E-state index in [0.29, 0.717) is 24.7 Å². The van der Waals surface area contributed by atoms with E-state index in [1.54, 1.807) is 17.0 Å². The molecule has 106 valence electrons. The minimum Gasteiger partial charge on any atom is -0.378 e. The fourth-order valence-corrected chi connectivity index (χ4v) is 1.98. The second kappa shape index (κ2) is 6.26. The van der Waals surface area contributed by atoms with Crippen LogP contribution in [0.3, 0.4) is 0 Å². The van der Waals surface area contributed by atoms with Crippen molar-refractivity contribution in [3.05, 3.63) is 23.8 Å². The van der Waals surface area contributed by atoms with Gasteiger partial charge in [0, 0.05) is 27.2 Å². The largest absolute Gasteiger partial charge is 0.378 e. The summed E-state index contributed by atoms with van der Waals surface area (Å²) >= 11 is 0. The molecule has 1 saturated heterocycles. The SMILES string of the molecule is CN(C)C(N)=Nc1cc(C#N)ccc1N1CCOCC1.